The molecule has 3 aromatic rings. The molecule has 2 aromatic carbocycles. The van der Waals surface area contributed by atoms with Crippen molar-refractivity contribution in [2.24, 2.45) is 0 Å². The van der Waals surface area contributed by atoms with Crippen LogP contribution in [0.15, 0.2) is 58.3 Å². The first kappa shape index (κ1) is 14.7. The largest absolute Gasteiger partial charge is 0.454 e. The molecule has 0 atom stereocenters. The Morgan fingerprint density at radius 2 is 1.91 bits per heavy atom. The highest BCUT2D eigenvalue weighted by Gasteiger charge is 2.13. The maximum Gasteiger partial charge on any atom is 0.231 e. The van der Waals surface area contributed by atoms with Crippen molar-refractivity contribution in [3.05, 3.63) is 58.7 Å². The van der Waals surface area contributed by atoms with Crippen molar-refractivity contribution in [2.75, 3.05) is 6.79 Å². The summed E-state index contributed by atoms with van der Waals surface area (Å²) >= 11 is 5.11. The molecular formula is C17H13BrN2O2S. The molecule has 23 heavy (non-hydrogen) atoms. The zero-order chi connectivity index (χ0) is 15.6. The monoisotopic (exact) mass is 388 g/mol. The number of benzene rings is 2. The summed E-state index contributed by atoms with van der Waals surface area (Å²) in [6, 6.07) is 14.2. The molecule has 0 aliphatic carbocycles. The van der Waals surface area contributed by atoms with Gasteiger partial charge in [0.2, 0.25) is 6.79 Å². The molecule has 1 N–H and O–H groups in total. The van der Waals surface area contributed by atoms with Gasteiger partial charge in [0.05, 0.1) is 11.9 Å². The summed E-state index contributed by atoms with van der Waals surface area (Å²) in [5.41, 5.74) is 3.32. The van der Waals surface area contributed by atoms with Crippen LogP contribution in [0.5, 0.6) is 11.5 Å². The molecule has 0 unspecified atom stereocenters. The highest BCUT2D eigenvalue weighted by atomic mass is 79.9. The van der Waals surface area contributed by atoms with E-state index in [-0.39, 0.29) is 0 Å². The first-order valence-corrected chi connectivity index (χ1v) is 8.88. The molecule has 116 valence electrons. The van der Waals surface area contributed by atoms with E-state index in [4.69, 9.17) is 9.47 Å². The number of aromatic amines is 1. The Balaban J connectivity index is 1.44. The van der Waals surface area contributed by atoms with Crippen LogP contribution in [0, 0.1) is 0 Å². The smallest absolute Gasteiger partial charge is 0.231 e. The van der Waals surface area contributed by atoms with E-state index in [9.17, 15) is 0 Å². The molecule has 6 heteroatoms. The third-order valence-electron chi connectivity index (χ3n) is 3.52. The Morgan fingerprint density at radius 3 is 2.78 bits per heavy atom. The highest BCUT2D eigenvalue weighted by molar-refractivity contribution is 9.10. The molecule has 0 amide bonds. The van der Waals surface area contributed by atoms with Gasteiger partial charge >= 0.3 is 0 Å². The zero-order valence-corrected chi connectivity index (χ0v) is 14.5. The third kappa shape index (κ3) is 3.23. The van der Waals surface area contributed by atoms with E-state index in [0.29, 0.717) is 6.79 Å². The van der Waals surface area contributed by atoms with Crippen molar-refractivity contribution in [1.82, 2.24) is 9.97 Å². The van der Waals surface area contributed by atoms with Crippen LogP contribution < -0.4 is 9.47 Å². The molecule has 0 fully saturated rings. The van der Waals surface area contributed by atoms with Crippen LogP contribution in [0.1, 0.15) is 5.56 Å². The number of halogens is 1. The lowest BCUT2D eigenvalue weighted by atomic mass is 10.2. The van der Waals surface area contributed by atoms with E-state index in [1.165, 1.54) is 5.56 Å². The standard InChI is InChI=1S/C17H13BrN2O2S/c18-13-4-2-12(3-5-13)14-8-19-17(20-14)23-9-11-1-6-15-16(7-11)22-10-21-15/h1-8H,9-10H2,(H,19,20). The molecule has 1 aliphatic rings. The number of fused-ring (bicyclic) bond motifs is 1. The fraction of sp³-hybridized carbons (Fsp3) is 0.118. The Kier molecular flexibility index (Phi) is 4.01. The molecule has 0 bridgehead atoms. The number of aromatic nitrogens is 2. The summed E-state index contributed by atoms with van der Waals surface area (Å²) in [4.78, 5) is 7.79. The zero-order valence-electron chi connectivity index (χ0n) is 12.1. The number of rotatable bonds is 4. The summed E-state index contributed by atoms with van der Waals surface area (Å²) in [6.07, 6.45) is 1.87. The number of nitrogens with one attached hydrogen (secondary N) is 1. The lowest BCUT2D eigenvalue weighted by molar-refractivity contribution is 0.174. The van der Waals surface area contributed by atoms with Crippen molar-refractivity contribution in [2.45, 2.75) is 10.9 Å². The summed E-state index contributed by atoms with van der Waals surface area (Å²) in [5, 5.41) is 0.903. The van der Waals surface area contributed by atoms with Gasteiger partial charge in [0, 0.05) is 10.2 Å². The van der Waals surface area contributed by atoms with Gasteiger partial charge in [0.15, 0.2) is 16.7 Å². The Hall–Kier alpha value is -1.92. The molecule has 1 aromatic heterocycles. The number of imidazole rings is 1. The van der Waals surface area contributed by atoms with Crippen molar-refractivity contribution in [3.63, 3.8) is 0 Å². The quantitative estimate of drug-likeness (QED) is 0.648. The first-order valence-electron chi connectivity index (χ1n) is 7.10. The Labute approximate surface area is 146 Å². The summed E-state index contributed by atoms with van der Waals surface area (Å²) in [5.74, 6) is 2.46. The van der Waals surface area contributed by atoms with Gasteiger partial charge < -0.3 is 14.5 Å². The number of thioether (sulfide) groups is 1. The van der Waals surface area contributed by atoms with Crippen LogP contribution in [0.2, 0.25) is 0 Å². The second-order valence-corrected chi connectivity index (χ2v) is 6.96. The summed E-state index contributed by atoms with van der Waals surface area (Å²) < 4.78 is 11.8. The molecule has 4 rings (SSSR count). The van der Waals surface area contributed by atoms with Crippen LogP contribution in [-0.2, 0) is 5.75 Å². The Bertz CT molecular complexity index is 833. The summed E-state index contributed by atoms with van der Waals surface area (Å²) in [6.45, 7) is 0.306. The van der Waals surface area contributed by atoms with Gasteiger partial charge in [0.25, 0.3) is 0 Å². The molecular weight excluding hydrogens is 376 g/mol. The fourth-order valence-corrected chi connectivity index (χ4v) is 3.39. The van der Waals surface area contributed by atoms with Crippen LogP contribution >= 0.6 is 27.7 Å². The Morgan fingerprint density at radius 1 is 1.09 bits per heavy atom. The molecule has 0 saturated carbocycles. The fourth-order valence-electron chi connectivity index (χ4n) is 2.33. The molecule has 0 spiro atoms. The maximum atomic E-state index is 5.40. The van der Waals surface area contributed by atoms with E-state index in [2.05, 4.69) is 44.1 Å². The van der Waals surface area contributed by atoms with E-state index in [1.807, 2.05) is 30.5 Å². The third-order valence-corrected chi connectivity index (χ3v) is 5.01. The molecule has 2 heterocycles. The normalized spacial score (nSPS) is 12.6. The average molecular weight is 389 g/mol. The topological polar surface area (TPSA) is 47.1 Å². The molecule has 0 radical (unpaired) electrons. The van der Waals surface area contributed by atoms with Crippen LogP contribution in [0.25, 0.3) is 11.3 Å². The lowest BCUT2D eigenvalue weighted by Gasteiger charge is -2.02. The van der Waals surface area contributed by atoms with Crippen LogP contribution in [-0.4, -0.2) is 16.8 Å². The number of ether oxygens (including phenoxy) is 2. The minimum absolute atomic E-state index is 0.306. The van der Waals surface area contributed by atoms with E-state index in [0.717, 1.165) is 38.1 Å². The number of hydrogen-bond acceptors (Lipinski definition) is 4. The second kappa shape index (κ2) is 6.29. The second-order valence-electron chi connectivity index (χ2n) is 5.09. The van der Waals surface area contributed by atoms with E-state index < -0.39 is 0 Å². The maximum absolute atomic E-state index is 5.40. The lowest BCUT2D eigenvalue weighted by Crippen LogP contribution is -1.92. The van der Waals surface area contributed by atoms with Crippen molar-refractivity contribution in [3.8, 4) is 22.8 Å². The minimum Gasteiger partial charge on any atom is -0.454 e. The van der Waals surface area contributed by atoms with Gasteiger partial charge in [-0.1, -0.05) is 45.9 Å². The average Bonchev–Trinajstić information content (AvgIpc) is 3.22. The van der Waals surface area contributed by atoms with Crippen LogP contribution in [0.3, 0.4) is 0 Å². The van der Waals surface area contributed by atoms with E-state index >= 15 is 0 Å². The molecule has 0 saturated heterocycles. The van der Waals surface area contributed by atoms with Gasteiger partial charge in [-0.2, -0.15) is 0 Å². The van der Waals surface area contributed by atoms with Crippen LogP contribution in [0.4, 0.5) is 0 Å². The van der Waals surface area contributed by atoms with Gasteiger partial charge in [-0.05, 0) is 35.4 Å². The van der Waals surface area contributed by atoms with Gasteiger partial charge in [-0.25, -0.2) is 4.98 Å². The minimum atomic E-state index is 0.306. The van der Waals surface area contributed by atoms with Crippen molar-refractivity contribution in [1.29, 1.82) is 0 Å². The van der Waals surface area contributed by atoms with Gasteiger partial charge in [0.1, 0.15) is 0 Å². The first-order chi connectivity index (χ1) is 11.3. The predicted octanol–water partition coefficient (Wildman–Crippen LogP) is 4.86. The van der Waals surface area contributed by atoms with E-state index in [1.54, 1.807) is 11.8 Å². The highest BCUT2D eigenvalue weighted by Crippen LogP contribution is 2.34. The van der Waals surface area contributed by atoms with Gasteiger partial charge in [-0.15, -0.1) is 0 Å². The van der Waals surface area contributed by atoms with Gasteiger partial charge in [-0.3, -0.25) is 0 Å². The van der Waals surface area contributed by atoms with Crippen molar-refractivity contribution >= 4 is 27.7 Å². The van der Waals surface area contributed by atoms with Crippen molar-refractivity contribution < 1.29 is 9.47 Å². The number of hydrogen-bond donors (Lipinski definition) is 1. The summed E-state index contributed by atoms with van der Waals surface area (Å²) in [7, 11) is 0. The molecule has 1 aliphatic heterocycles. The molecule has 4 nitrogen and oxygen atoms in total. The predicted molar refractivity (Wildman–Crippen MR) is 93.8 cm³/mol. The number of H-pyrrole nitrogens is 1. The SMILES string of the molecule is Brc1ccc(-c2cnc(SCc3ccc4c(c3)OCO4)[nH]2)cc1. The number of nitrogens with zero attached hydrogens (tertiary/aromatic N) is 1.